The van der Waals surface area contributed by atoms with Crippen LogP contribution in [0.4, 0.5) is 5.69 Å². The van der Waals surface area contributed by atoms with Gasteiger partial charge in [-0.3, -0.25) is 0 Å². The number of fused-ring (bicyclic) bond motifs is 1. The van der Waals surface area contributed by atoms with Gasteiger partial charge in [0, 0.05) is 10.6 Å². The quantitative estimate of drug-likeness (QED) is 0.701. The van der Waals surface area contributed by atoms with Gasteiger partial charge in [0.15, 0.2) is 0 Å². The number of aryl methyl sites for hydroxylation is 1. The van der Waals surface area contributed by atoms with E-state index in [9.17, 15) is 13.2 Å². The molecule has 2 heterocycles. The van der Waals surface area contributed by atoms with Gasteiger partial charge in [0.1, 0.15) is 4.21 Å². The minimum absolute atomic E-state index is 0.125. The van der Waals surface area contributed by atoms with Crippen LogP contribution in [0.3, 0.4) is 0 Å². The van der Waals surface area contributed by atoms with Crippen molar-refractivity contribution in [3.63, 3.8) is 0 Å². The SMILES string of the molecule is Cc1ccc(S(=O)(=O)n2c(=O)[nH]c3ccc(N)cc32)s1. The van der Waals surface area contributed by atoms with E-state index in [1.165, 1.54) is 12.1 Å². The van der Waals surface area contributed by atoms with Gasteiger partial charge in [0.05, 0.1) is 11.0 Å². The molecule has 3 aromatic rings. The molecule has 0 saturated carbocycles. The Balaban J connectivity index is 2.37. The van der Waals surface area contributed by atoms with Crippen molar-refractivity contribution in [2.75, 3.05) is 5.73 Å². The van der Waals surface area contributed by atoms with Crippen molar-refractivity contribution in [2.45, 2.75) is 11.1 Å². The van der Waals surface area contributed by atoms with Crippen LogP contribution in [-0.2, 0) is 10.0 Å². The summed E-state index contributed by atoms with van der Waals surface area (Å²) in [7, 11) is -3.91. The molecule has 0 bridgehead atoms. The van der Waals surface area contributed by atoms with Gasteiger partial charge >= 0.3 is 5.69 Å². The molecule has 6 nitrogen and oxygen atoms in total. The van der Waals surface area contributed by atoms with E-state index < -0.39 is 15.7 Å². The number of nitrogens with one attached hydrogen (secondary N) is 1. The molecule has 0 unspecified atom stereocenters. The molecule has 0 aliphatic rings. The Morgan fingerprint density at radius 1 is 1.25 bits per heavy atom. The van der Waals surface area contributed by atoms with Crippen molar-refractivity contribution < 1.29 is 8.42 Å². The second-order valence-corrected chi connectivity index (χ2v) is 7.64. The molecular formula is C12H11N3O3S2. The lowest BCUT2D eigenvalue weighted by Gasteiger charge is -2.03. The largest absolute Gasteiger partial charge is 0.399 e. The molecule has 0 aliphatic heterocycles. The number of H-pyrrole nitrogens is 1. The molecule has 1 aromatic carbocycles. The van der Waals surface area contributed by atoms with Crippen molar-refractivity contribution in [1.29, 1.82) is 0 Å². The Labute approximate surface area is 118 Å². The lowest BCUT2D eigenvalue weighted by molar-refractivity contribution is 0.589. The number of anilines is 1. The number of benzene rings is 1. The van der Waals surface area contributed by atoms with Crippen molar-refractivity contribution >= 4 is 38.1 Å². The monoisotopic (exact) mass is 309 g/mol. The molecule has 104 valence electrons. The van der Waals surface area contributed by atoms with Gasteiger partial charge in [-0.05, 0) is 37.3 Å². The zero-order valence-corrected chi connectivity index (χ0v) is 12.1. The number of hydrogen-bond donors (Lipinski definition) is 2. The highest BCUT2D eigenvalue weighted by Gasteiger charge is 2.24. The first kappa shape index (κ1) is 12.9. The van der Waals surface area contributed by atoms with Crippen LogP contribution >= 0.6 is 11.3 Å². The van der Waals surface area contributed by atoms with Gasteiger partial charge in [0.25, 0.3) is 10.0 Å². The van der Waals surface area contributed by atoms with E-state index in [-0.39, 0.29) is 9.73 Å². The summed E-state index contributed by atoms with van der Waals surface area (Å²) in [6.07, 6.45) is 0. The fourth-order valence-electron chi connectivity index (χ4n) is 1.98. The molecule has 2 aromatic heterocycles. The number of nitrogens with two attached hydrogens (primary N) is 1. The van der Waals surface area contributed by atoms with E-state index in [0.29, 0.717) is 11.2 Å². The maximum atomic E-state index is 12.6. The number of aromatic amines is 1. The lowest BCUT2D eigenvalue weighted by atomic mass is 10.3. The lowest BCUT2D eigenvalue weighted by Crippen LogP contribution is -2.24. The number of nitrogens with zero attached hydrogens (tertiary/aromatic N) is 1. The first-order chi connectivity index (χ1) is 9.39. The van der Waals surface area contributed by atoms with Crippen LogP contribution in [0.5, 0.6) is 0 Å². The number of aromatic nitrogens is 2. The third kappa shape index (κ3) is 1.84. The third-order valence-corrected chi connectivity index (χ3v) is 6.04. The summed E-state index contributed by atoms with van der Waals surface area (Å²) in [5.74, 6) is 0. The summed E-state index contributed by atoms with van der Waals surface area (Å²) in [4.78, 5) is 15.3. The first-order valence-corrected chi connectivity index (χ1v) is 7.97. The summed E-state index contributed by atoms with van der Waals surface area (Å²) in [6.45, 7) is 1.81. The molecule has 20 heavy (non-hydrogen) atoms. The van der Waals surface area contributed by atoms with E-state index in [4.69, 9.17) is 5.73 Å². The molecule has 0 amide bonds. The minimum atomic E-state index is -3.91. The predicted octanol–water partition coefficient (Wildman–Crippen LogP) is 1.52. The summed E-state index contributed by atoms with van der Waals surface area (Å²) in [5.41, 5.74) is 6.04. The van der Waals surface area contributed by atoms with Crippen molar-refractivity contribution in [3.05, 3.63) is 45.7 Å². The zero-order chi connectivity index (χ0) is 14.5. The zero-order valence-electron chi connectivity index (χ0n) is 10.5. The van der Waals surface area contributed by atoms with Crippen LogP contribution in [0.15, 0.2) is 39.3 Å². The Bertz CT molecular complexity index is 963. The van der Waals surface area contributed by atoms with Gasteiger partial charge in [0.2, 0.25) is 0 Å². The van der Waals surface area contributed by atoms with E-state index in [0.717, 1.165) is 20.2 Å². The third-order valence-electron chi connectivity index (χ3n) is 2.88. The fraction of sp³-hybridized carbons (Fsp3) is 0.0833. The normalized spacial score (nSPS) is 12.1. The highest BCUT2D eigenvalue weighted by Crippen LogP contribution is 2.25. The number of thiophene rings is 1. The number of rotatable bonds is 2. The Hall–Kier alpha value is -2.06. The van der Waals surface area contributed by atoms with Crippen LogP contribution in [0.2, 0.25) is 0 Å². The predicted molar refractivity (Wildman–Crippen MR) is 78.6 cm³/mol. The minimum Gasteiger partial charge on any atom is -0.399 e. The number of nitrogen functional groups attached to an aromatic ring is 1. The second-order valence-electron chi connectivity index (χ2n) is 4.34. The van der Waals surface area contributed by atoms with Crippen LogP contribution < -0.4 is 11.4 Å². The first-order valence-electron chi connectivity index (χ1n) is 5.72. The smallest absolute Gasteiger partial charge is 0.340 e. The van der Waals surface area contributed by atoms with Crippen molar-refractivity contribution in [1.82, 2.24) is 8.96 Å². The average Bonchev–Trinajstić information content (AvgIpc) is 2.92. The Morgan fingerprint density at radius 2 is 2.00 bits per heavy atom. The Morgan fingerprint density at radius 3 is 2.65 bits per heavy atom. The van der Waals surface area contributed by atoms with Crippen LogP contribution in [0, 0.1) is 6.92 Å². The fourth-order valence-corrected chi connectivity index (χ4v) is 4.70. The number of imidazole rings is 1. The summed E-state index contributed by atoms with van der Waals surface area (Å²) >= 11 is 1.12. The van der Waals surface area contributed by atoms with Gasteiger partial charge in [-0.1, -0.05) is 0 Å². The molecule has 0 fully saturated rings. The van der Waals surface area contributed by atoms with Gasteiger partial charge < -0.3 is 10.7 Å². The summed E-state index contributed by atoms with van der Waals surface area (Å²) < 4.78 is 26.0. The summed E-state index contributed by atoms with van der Waals surface area (Å²) in [6, 6.07) is 7.84. The Kier molecular flexibility index (Phi) is 2.73. The van der Waals surface area contributed by atoms with Crippen molar-refractivity contribution in [2.24, 2.45) is 0 Å². The maximum absolute atomic E-state index is 12.6. The van der Waals surface area contributed by atoms with E-state index in [1.54, 1.807) is 25.1 Å². The maximum Gasteiger partial charge on any atom is 0.340 e. The molecular weight excluding hydrogens is 298 g/mol. The van der Waals surface area contributed by atoms with Gasteiger partial charge in [-0.25, -0.2) is 4.79 Å². The van der Waals surface area contributed by atoms with Crippen LogP contribution in [-0.4, -0.2) is 17.4 Å². The van der Waals surface area contributed by atoms with Gasteiger partial charge in [-0.2, -0.15) is 12.4 Å². The molecule has 3 N–H and O–H groups in total. The summed E-state index contributed by atoms with van der Waals surface area (Å²) in [5, 5.41) is 0. The molecule has 0 spiro atoms. The second kappa shape index (κ2) is 4.22. The van der Waals surface area contributed by atoms with E-state index >= 15 is 0 Å². The van der Waals surface area contributed by atoms with Crippen LogP contribution in [0.25, 0.3) is 11.0 Å². The highest BCUT2D eigenvalue weighted by molar-refractivity contribution is 7.92. The van der Waals surface area contributed by atoms with Gasteiger partial charge in [-0.15, -0.1) is 11.3 Å². The van der Waals surface area contributed by atoms with Crippen LogP contribution in [0.1, 0.15) is 4.88 Å². The van der Waals surface area contributed by atoms with E-state index in [2.05, 4.69) is 4.98 Å². The van der Waals surface area contributed by atoms with E-state index in [1.807, 2.05) is 0 Å². The standard InChI is InChI=1S/C12H11N3O3S2/c1-7-2-5-11(19-7)20(17,18)15-10-6-8(13)3-4-9(10)14-12(15)16/h2-6H,13H2,1H3,(H,14,16). The molecule has 0 aliphatic carbocycles. The molecule has 0 radical (unpaired) electrons. The van der Waals surface area contributed by atoms with Crippen molar-refractivity contribution in [3.8, 4) is 0 Å². The average molecular weight is 309 g/mol. The molecule has 8 heteroatoms. The topological polar surface area (TPSA) is 98.0 Å². The molecule has 3 rings (SSSR count). The number of hydrogen-bond acceptors (Lipinski definition) is 5. The molecule has 0 saturated heterocycles. The highest BCUT2D eigenvalue weighted by atomic mass is 32.2. The molecule has 0 atom stereocenters.